The predicted molar refractivity (Wildman–Crippen MR) is 78.6 cm³/mol. The number of halogens is 3. The van der Waals surface area contributed by atoms with Crippen molar-refractivity contribution >= 4 is 17.7 Å². The first-order valence-corrected chi connectivity index (χ1v) is 7.71. The first-order valence-electron chi connectivity index (χ1n) is 7.71. The summed E-state index contributed by atoms with van der Waals surface area (Å²) in [6.07, 6.45) is 2.62. The van der Waals surface area contributed by atoms with E-state index in [0.29, 0.717) is 0 Å². The van der Waals surface area contributed by atoms with Crippen LogP contribution in [0.4, 0.5) is 23.7 Å². The second kappa shape index (κ2) is 6.33. The number of esters is 1. The molecule has 8 heteroatoms. The number of rotatable bonds is 3. The highest BCUT2D eigenvalue weighted by atomic mass is 19.2. The van der Waals surface area contributed by atoms with Crippen LogP contribution in [0.2, 0.25) is 0 Å². The highest BCUT2D eigenvalue weighted by Gasteiger charge is 2.52. The van der Waals surface area contributed by atoms with Gasteiger partial charge in [-0.3, -0.25) is 4.79 Å². The summed E-state index contributed by atoms with van der Waals surface area (Å²) >= 11 is 0. The van der Waals surface area contributed by atoms with E-state index in [1.54, 1.807) is 0 Å². The maximum atomic E-state index is 13.6. The van der Waals surface area contributed by atoms with Crippen molar-refractivity contribution in [1.29, 1.82) is 0 Å². The van der Waals surface area contributed by atoms with Gasteiger partial charge in [-0.1, -0.05) is 0 Å². The smallest absolute Gasteiger partial charge is 0.319 e. The molecule has 0 aromatic heterocycles. The number of benzene rings is 1. The third-order valence-electron chi connectivity index (χ3n) is 4.97. The monoisotopic (exact) mass is 342 g/mol. The number of ether oxygens (including phenoxy) is 1. The molecule has 4 atom stereocenters. The van der Waals surface area contributed by atoms with Crippen LogP contribution in [0.1, 0.15) is 19.3 Å². The number of carbonyl (C=O) groups is 2. The fourth-order valence-electron chi connectivity index (χ4n) is 3.91. The molecular weight excluding hydrogens is 325 g/mol. The molecule has 0 aliphatic heterocycles. The summed E-state index contributed by atoms with van der Waals surface area (Å²) in [5, 5.41) is 4.81. The Balaban J connectivity index is 1.70. The van der Waals surface area contributed by atoms with Gasteiger partial charge in [0.05, 0.1) is 18.7 Å². The fraction of sp³-hybridized carbons (Fsp3) is 0.500. The number of hydrogen-bond acceptors (Lipinski definition) is 3. The standard InChI is InChI=1S/C16H17F3N2O3/c1-24-15(22)11-7-2-3-8(6-7)14(11)21-16(23)20-10-5-4-9(17)12(18)13(10)19/h4-5,7-8,11,14H,2-3,6H2,1H3,(H2,20,21,23). The molecule has 4 unspecified atom stereocenters. The molecule has 1 aromatic carbocycles. The topological polar surface area (TPSA) is 67.4 Å². The van der Waals surface area contributed by atoms with E-state index < -0.39 is 41.1 Å². The van der Waals surface area contributed by atoms with Gasteiger partial charge in [0.1, 0.15) is 0 Å². The molecular formula is C16H17F3N2O3. The number of urea groups is 1. The van der Waals surface area contributed by atoms with Crippen LogP contribution in [0.3, 0.4) is 0 Å². The van der Waals surface area contributed by atoms with Crippen molar-refractivity contribution in [2.75, 3.05) is 12.4 Å². The Kier molecular flexibility index (Phi) is 4.38. The van der Waals surface area contributed by atoms with Crippen LogP contribution in [-0.2, 0) is 9.53 Å². The third kappa shape index (κ3) is 2.81. The van der Waals surface area contributed by atoms with Crippen LogP contribution in [0.15, 0.2) is 12.1 Å². The Hall–Kier alpha value is -2.25. The Morgan fingerprint density at radius 3 is 2.54 bits per heavy atom. The predicted octanol–water partition coefficient (Wildman–Crippen LogP) is 2.81. The number of anilines is 1. The average molecular weight is 342 g/mol. The van der Waals surface area contributed by atoms with Gasteiger partial charge in [0.2, 0.25) is 0 Å². The maximum absolute atomic E-state index is 13.6. The summed E-state index contributed by atoms with van der Waals surface area (Å²) in [5.74, 6) is -4.96. The summed E-state index contributed by atoms with van der Waals surface area (Å²) < 4.78 is 44.5. The molecule has 0 spiro atoms. The maximum Gasteiger partial charge on any atom is 0.319 e. The summed E-state index contributed by atoms with van der Waals surface area (Å²) in [5.41, 5.74) is -0.468. The van der Waals surface area contributed by atoms with Crippen LogP contribution in [-0.4, -0.2) is 25.2 Å². The highest BCUT2D eigenvalue weighted by molar-refractivity contribution is 5.90. The van der Waals surface area contributed by atoms with Gasteiger partial charge in [-0.15, -0.1) is 0 Å². The van der Waals surface area contributed by atoms with Gasteiger partial charge in [-0.05, 0) is 43.2 Å². The largest absolute Gasteiger partial charge is 0.469 e. The van der Waals surface area contributed by atoms with Gasteiger partial charge in [0.25, 0.3) is 0 Å². The van der Waals surface area contributed by atoms with Crippen molar-refractivity contribution in [2.24, 2.45) is 17.8 Å². The van der Waals surface area contributed by atoms with Crippen molar-refractivity contribution in [1.82, 2.24) is 5.32 Å². The molecule has 5 nitrogen and oxygen atoms in total. The minimum Gasteiger partial charge on any atom is -0.469 e. The SMILES string of the molecule is COC(=O)C1C2CCC(C2)C1NC(=O)Nc1ccc(F)c(F)c1F. The Labute approximate surface area is 136 Å². The lowest BCUT2D eigenvalue weighted by Crippen LogP contribution is -2.48. The van der Waals surface area contributed by atoms with Crippen LogP contribution < -0.4 is 10.6 Å². The second-order valence-corrected chi connectivity index (χ2v) is 6.23. The van der Waals surface area contributed by atoms with Gasteiger partial charge < -0.3 is 15.4 Å². The molecule has 0 heterocycles. The molecule has 1 aromatic rings. The third-order valence-corrected chi connectivity index (χ3v) is 4.97. The quantitative estimate of drug-likeness (QED) is 0.656. The molecule has 0 radical (unpaired) electrons. The first-order chi connectivity index (χ1) is 11.4. The van der Waals surface area contributed by atoms with Crippen molar-refractivity contribution in [2.45, 2.75) is 25.3 Å². The number of amides is 2. The van der Waals surface area contributed by atoms with Gasteiger partial charge in [0, 0.05) is 6.04 Å². The van der Waals surface area contributed by atoms with E-state index in [9.17, 15) is 22.8 Å². The van der Waals surface area contributed by atoms with E-state index in [4.69, 9.17) is 4.74 Å². The Morgan fingerprint density at radius 1 is 1.12 bits per heavy atom. The van der Waals surface area contributed by atoms with Crippen LogP contribution in [0.5, 0.6) is 0 Å². The molecule has 130 valence electrons. The molecule has 2 aliphatic rings. The first kappa shape index (κ1) is 16.6. The zero-order valence-electron chi connectivity index (χ0n) is 12.9. The van der Waals surface area contributed by atoms with E-state index in [1.807, 2.05) is 0 Å². The van der Waals surface area contributed by atoms with Crippen LogP contribution in [0.25, 0.3) is 0 Å². The molecule has 2 N–H and O–H groups in total. The Bertz CT molecular complexity index is 683. The van der Waals surface area contributed by atoms with Gasteiger partial charge in [-0.25, -0.2) is 18.0 Å². The summed E-state index contributed by atoms with van der Waals surface area (Å²) in [7, 11) is 1.29. The lowest BCUT2D eigenvalue weighted by atomic mass is 9.84. The number of nitrogens with one attached hydrogen (secondary N) is 2. The van der Waals surface area contributed by atoms with Gasteiger partial charge in [0.15, 0.2) is 17.5 Å². The van der Waals surface area contributed by atoms with Crippen molar-refractivity contribution < 1.29 is 27.5 Å². The van der Waals surface area contributed by atoms with Crippen molar-refractivity contribution in [3.05, 3.63) is 29.6 Å². The normalized spacial score (nSPS) is 27.8. The molecule has 3 rings (SSSR count). The van der Waals surface area contributed by atoms with Crippen molar-refractivity contribution in [3.8, 4) is 0 Å². The van der Waals surface area contributed by atoms with Crippen molar-refractivity contribution in [3.63, 3.8) is 0 Å². The minimum atomic E-state index is -1.65. The van der Waals surface area contributed by atoms with E-state index in [1.165, 1.54) is 7.11 Å². The summed E-state index contributed by atoms with van der Waals surface area (Å²) in [6.45, 7) is 0. The van der Waals surface area contributed by atoms with E-state index >= 15 is 0 Å². The van der Waals surface area contributed by atoms with Gasteiger partial charge in [-0.2, -0.15) is 0 Å². The molecule has 2 bridgehead atoms. The summed E-state index contributed by atoms with van der Waals surface area (Å²) in [4.78, 5) is 24.0. The number of hydrogen-bond donors (Lipinski definition) is 2. The van der Waals surface area contributed by atoms with E-state index in [-0.39, 0.29) is 17.8 Å². The van der Waals surface area contributed by atoms with E-state index in [0.717, 1.165) is 31.4 Å². The molecule has 2 saturated carbocycles. The molecule has 2 fully saturated rings. The zero-order chi connectivity index (χ0) is 17.4. The number of methoxy groups -OCH3 is 1. The second-order valence-electron chi connectivity index (χ2n) is 6.23. The van der Waals surface area contributed by atoms with Gasteiger partial charge >= 0.3 is 12.0 Å². The average Bonchev–Trinajstić information content (AvgIpc) is 3.16. The molecule has 2 aliphatic carbocycles. The lowest BCUT2D eigenvalue weighted by molar-refractivity contribution is -0.148. The molecule has 24 heavy (non-hydrogen) atoms. The minimum absolute atomic E-state index is 0.152. The fourth-order valence-corrected chi connectivity index (χ4v) is 3.91. The zero-order valence-corrected chi connectivity index (χ0v) is 12.9. The number of carbonyl (C=O) groups excluding carboxylic acids is 2. The van der Waals surface area contributed by atoms with Crippen LogP contribution in [0, 0.1) is 35.2 Å². The lowest BCUT2D eigenvalue weighted by Gasteiger charge is -2.29. The molecule has 2 amide bonds. The Morgan fingerprint density at radius 2 is 1.83 bits per heavy atom. The summed E-state index contributed by atoms with van der Waals surface area (Å²) in [6, 6.07) is 0.477. The number of fused-ring (bicyclic) bond motifs is 2. The van der Waals surface area contributed by atoms with E-state index in [2.05, 4.69) is 10.6 Å². The molecule has 0 saturated heterocycles. The highest BCUT2D eigenvalue weighted by Crippen LogP contribution is 2.48. The van der Waals surface area contributed by atoms with Crippen LogP contribution >= 0.6 is 0 Å².